The lowest BCUT2D eigenvalue weighted by Crippen LogP contribution is -2.33. The van der Waals surface area contributed by atoms with Gasteiger partial charge in [-0.05, 0) is 27.6 Å². The lowest BCUT2D eigenvalue weighted by molar-refractivity contribution is 0.529. The first-order chi connectivity index (χ1) is 14.4. The van der Waals surface area contributed by atoms with Crippen molar-refractivity contribution in [2.24, 2.45) is 5.10 Å². The van der Waals surface area contributed by atoms with Gasteiger partial charge in [0.1, 0.15) is 12.0 Å². The van der Waals surface area contributed by atoms with Crippen LogP contribution in [-0.4, -0.2) is 30.7 Å². The minimum atomic E-state index is -0.445. The largest absolute Gasteiger partial charge is 0.298 e. The fraction of sp³-hybridized carbons (Fsp3) is 0.174. The van der Waals surface area contributed by atoms with E-state index in [1.54, 1.807) is 6.21 Å². The number of aromatic nitrogens is 5. The van der Waals surface area contributed by atoms with Crippen molar-refractivity contribution < 1.29 is 0 Å². The Morgan fingerprint density at radius 3 is 2.23 bits per heavy atom. The molecule has 148 valence electrons. The van der Waals surface area contributed by atoms with E-state index in [0.29, 0.717) is 5.69 Å². The molecule has 0 aliphatic carbocycles. The van der Waals surface area contributed by atoms with Crippen molar-refractivity contribution in [1.82, 2.24) is 24.5 Å². The van der Waals surface area contributed by atoms with Crippen molar-refractivity contribution in [1.29, 1.82) is 0 Å². The van der Waals surface area contributed by atoms with Crippen molar-refractivity contribution in [3.8, 4) is 0 Å². The average molecular weight is 396 g/mol. The van der Waals surface area contributed by atoms with Crippen LogP contribution in [0, 0.1) is 0 Å². The first-order valence-corrected chi connectivity index (χ1v) is 9.72. The van der Waals surface area contributed by atoms with Gasteiger partial charge in [0.15, 0.2) is 0 Å². The summed E-state index contributed by atoms with van der Waals surface area (Å²) in [6, 6.07) is 18.5. The maximum absolute atomic E-state index is 13.2. The van der Waals surface area contributed by atoms with Crippen LogP contribution in [0.4, 0.5) is 0 Å². The molecular weight excluding hydrogens is 376 g/mol. The SMILES string of the molecule is CC(C)(C)c1nn2cnnc2n(N=Cc2c3ccccc3cc3ccccc23)c1=O. The minimum absolute atomic E-state index is 0.272. The second-order valence-electron chi connectivity index (χ2n) is 8.27. The Kier molecular flexibility index (Phi) is 3.99. The molecule has 3 aromatic carbocycles. The van der Waals surface area contributed by atoms with Crippen LogP contribution in [0.15, 0.2) is 70.8 Å². The summed E-state index contributed by atoms with van der Waals surface area (Å²) in [5.74, 6) is 0.272. The number of rotatable bonds is 2. The van der Waals surface area contributed by atoms with Crippen LogP contribution < -0.4 is 5.56 Å². The molecule has 5 aromatic rings. The molecule has 5 rings (SSSR count). The van der Waals surface area contributed by atoms with Gasteiger partial charge in [-0.2, -0.15) is 19.4 Å². The summed E-state index contributed by atoms with van der Waals surface area (Å²) in [7, 11) is 0. The minimum Gasteiger partial charge on any atom is -0.265 e. The summed E-state index contributed by atoms with van der Waals surface area (Å²) in [6.45, 7) is 5.83. The molecule has 2 aromatic heterocycles. The molecule has 0 aliphatic heterocycles. The summed E-state index contributed by atoms with van der Waals surface area (Å²) < 4.78 is 2.76. The van der Waals surface area contributed by atoms with Crippen molar-refractivity contribution in [2.75, 3.05) is 0 Å². The molecule has 7 nitrogen and oxygen atoms in total. The Labute approximate surface area is 172 Å². The first kappa shape index (κ1) is 18.2. The van der Waals surface area contributed by atoms with E-state index in [9.17, 15) is 4.79 Å². The lowest BCUT2D eigenvalue weighted by Gasteiger charge is -2.17. The van der Waals surface area contributed by atoms with Crippen LogP contribution in [0.2, 0.25) is 0 Å². The summed E-state index contributed by atoms with van der Waals surface area (Å²) in [5.41, 5.74) is 0.597. The monoisotopic (exact) mass is 396 g/mol. The van der Waals surface area contributed by atoms with E-state index in [1.807, 2.05) is 45.0 Å². The van der Waals surface area contributed by atoms with Crippen molar-refractivity contribution in [2.45, 2.75) is 26.2 Å². The van der Waals surface area contributed by atoms with Crippen molar-refractivity contribution in [3.63, 3.8) is 0 Å². The molecule has 7 heteroatoms. The Balaban J connectivity index is 1.80. The second-order valence-corrected chi connectivity index (χ2v) is 8.27. The van der Waals surface area contributed by atoms with Crippen LogP contribution in [0.25, 0.3) is 27.3 Å². The summed E-state index contributed by atoms with van der Waals surface area (Å²) in [4.78, 5) is 13.2. The zero-order valence-electron chi connectivity index (χ0n) is 16.9. The van der Waals surface area contributed by atoms with E-state index < -0.39 is 5.41 Å². The molecule has 0 N–H and O–H groups in total. The molecule has 0 saturated carbocycles. The molecular formula is C23H20N6O. The fourth-order valence-electron chi connectivity index (χ4n) is 3.65. The van der Waals surface area contributed by atoms with E-state index >= 15 is 0 Å². The third-order valence-electron chi connectivity index (χ3n) is 5.13. The average Bonchev–Trinajstić information content (AvgIpc) is 3.19. The highest BCUT2D eigenvalue weighted by atomic mass is 16.1. The van der Waals surface area contributed by atoms with E-state index in [-0.39, 0.29) is 11.3 Å². The molecule has 0 unspecified atom stereocenters. The van der Waals surface area contributed by atoms with Gasteiger partial charge < -0.3 is 0 Å². The highest BCUT2D eigenvalue weighted by molar-refractivity contribution is 6.13. The Bertz CT molecular complexity index is 1450. The zero-order chi connectivity index (χ0) is 20.9. The Hall–Kier alpha value is -3.87. The highest BCUT2D eigenvalue weighted by Crippen LogP contribution is 2.27. The molecule has 0 aliphatic rings. The van der Waals surface area contributed by atoms with Crippen molar-refractivity contribution >= 4 is 33.5 Å². The van der Waals surface area contributed by atoms with E-state index in [4.69, 9.17) is 0 Å². The molecule has 0 amide bonds. The zero-order valence-corrected chi connectivity index (χ0v) is 16.9. The molecule has 30 heavy (non-hydrogen) atoms. The fourth-order valence-corrected chi connectivity index (χ4v) is 3.65. The number of hydrogen-bond acceptors (Lipinski definition) is 5. The third-order valence-corrected chi connectivity index (χ3v) is 5.13. The second kappa shape index (κ2) is 6.59. The maximum atomic E-state index is 13.2. The summed E-state index contributed by atoms with van der Waals surface area (Å²) in [6.07, 6.45) is 3.20. The van der Waals surface area contributed by atoms with E-state index in [2.05, 4.69) is 50.7 Å². The molecule has 2 heterocycles. The van der Waals surface area contributed by atoms with Crippen LogP contribution >= 0.6 is 0 Å². The normalized spacial score (nSPS) is 12.5. The number of fused-ring (bicyclic) bond motifs is 3. The molecule has 0 radical (unpaired) electrons. The standard InChI is InChI=1S/C23H20N6O/c1-23(2,3)20-21(30)29(22-26-24-14-28(22)27-20)25-13-19-17-10-6-4-8-15(17)12-16-9-5-7-11-18(16)19/h4-14H,1-3H3. The Morgan fingerprint density at radius 1 is 0.967 bits per heavy atom. The van der Waals surface area contributed by atoms with Gasteiger partial charge in [0.2, 0.25) is 0 Å². The molecule has 0 spiro atoms. The molecule has 0 atom stereocenters. The van der Waals surface area contributed by atoms with Crippen LogP contribution in [0.3, 0.4) is 0 Å². The van der Waals surface area contributed by atoms with Gasteiger partial charge in [-0.1, -0.05) is 69.3 Å². The molecule has 0 saturated heterocycles. The highest BCUT2D eigenvalue weighted by Gasteiger charge is 2.23. The first-order valence-electron chi connectivity index (χ1n) is 9.72. The predicted octanol–water partition coefficient (Wildman–Crippen LogP) is 3.77. The topological polar surface area (TPSA) is 77.4 Å². The number of nitrogens with zero attached hydrogens (tertiary/aromatic N) is 6. The smallest absolute Gasteiger partial charge is 0.265 e. The van der Waals surface area contributed by atoms with Gasteiger partial charge in [-0.3, -0.25) is 4.79 Å². The van der Waals surface area contributed by atoms with E-state index in [0.717, 1.165) is 27.1 Å². The van der Waals surface area contributed by atoms with Gasteiger partial charge >= 0.3 is 0 Å². The predicted molar refractivity (Wildman–Crippen MR) is 118 cm³/mol. The van der Waals surface area contributed by atoms with Crippen LogP contribution in [0.1, 0.15) is 32.0 Å². The van der Waals surface area contributed by atoms with Gasteiger partial charge in [0.25, 0.3) is 11.3 Å². The van der Waals surface area contributed by atoms with Gasteiger partial charge in [-0.25, -0.2) is 0 Å². The van der Waals surface area contributed by atoms with Crippen molar-refractivity contribution in [3.05, 3.63) is 82.5 Å². The maximum Gasteiger partial charge on any atom is 0.298 e. The van der Waals surface area contributed by atoms with Gasteiger partial charge in [-0.15, -0.1) is 10.2 Å². The van der Waals surface area contributed by atoms with E-state index in [1.165, 1.54) is 15.5 Å². The summed E-state index contributed by atoms with van der Waals surface area (Å²) in [5, 5.41) is 21.3. The van der Waals surface area contributed by atoms with Crippen LogP contribution in [-0.2, 0) is 5.41 Å². The number of hydrogen-bond donors (Lipinski definition) is 0. The number of benzene rings is 3. The van der Waals surface area contributed by atoms with Gasteiger partial charge in [0.05, 0.1) is 6.21 Å². The molecule has 0 bridgehead atoms. The Morgan fingerprint density at radius 2 is 1.60 bits per heavy atom. The van der Waals surface area contributed by atoms with Crippen LogP contribution in [0.5, 0.6) is 0 Å². The lowest BCUT2D eigenvalue weighted by atomic mass is 9.93. The molecule has 0 fully saturated rings. The summed E-state index contributed by atoms with van der Waals surface area (Å²) >= 11 is 0. The third kappa shape index (κ3) is 2.86. The van der Waals surface area contributed by atoms with Gasteiger partial charge in [0, 0.05) is 11.0 Å². The quantitative estimate of drug-likeness (QED) is 0.336.